The predicted octanol–water partition coefficient (Wildman–Crippen LogP) is 6.15. The minimum Gasteiger partial charge on any atom is -0.491 e. The van der Waals surface area contributed by atoms with Crippen molar-refractivity contribution in [3.63, 3.8) is 0 Å². The van der Waals surface area contributed by atoms with Gasteiger partial charge in [0.05, 0.1) is 11.9 Å². The number of ether oxygens (including phenoxy) is 1. The first kappa shape index (κ1) is 24.4. The number of hydrogen-bond acceptors (Lipinski definition) is 3. The molecule has 5 aliphatic rings. The van der Waals surface area contributed by atoms with Crippen LogP contribution < -0.4 is 5.32 Å². The SMILES string of the molecule is CC(=O)NC[C@H](C)CCC1=C(C)[C@@H]2[C@@]3(C)CC[C@H]4[C@@H](CC=C5C[C@@H](O)CC[C@@]54C)[C@@H]3C[C@]2(C)O1. The van der Waals surface area contributed by atoms with Gasteiger partial charge in [0.1, 0.15) is 5.60 Å². The Morgan fingerprint density at radius 2 is 2.00 bits per heavy atom. The highest BCUT2D eigenvalue weighted by Gasteiger charge is 2.67. The summed E-state index contributed by atoms with van der Waals surface area (Å²) in [5.74, 6) is 4.51. The van der Waals surface area contributed by atoms with Gasteiger partial charge in [-0.25, -0.2) is 0 Å². The predicted molar refractivity (Wildman–Crippen MR) is 136 cm³/mol. The third kappa shape index (κ3) is 3.69. The summed E-state index contributed by atoms with van der Waals surface area (Å²) in [5, 5.41) is 13.3. The number of nitrogens with one attached hydrogen (secondary N) is 1. The monoisotopic (exact) mass is 469 g/mol. The van der Waals surface area contributed by atoms with E-state index >= 15 is 0 Å². The van der Waals surface area contributed by atoms with Gasteiger partial charge in [0, 0.05) is 25.8 Å². The van der Waals surface area contributed by atoms with Crippen molar-refractivity contribution in [2.45, 2.75) is 111 Å². The number of carbonyl (C=O) groups excluding carboxylic acids is 1. The van der Waals surface area contributed by atoms with Crippen LogP contribution in [-0.2, 0) is 9.53 Å². The van der Waals surface area contributed by atoms with E-state index in [1.165, 1.54) is 37.0 Å². The fourth-order valence-electron chi connectivity index (χ4n) is 9.61. The van der Waals surface area contributed by atoms with Crippen LogP contribution in [0.3, 0.4) is 0 Å². The molecule has 0 saturated heterocycles. The second-order valence-electron chi connectivity index (χ2n) is 13.4. The molecule has 0 aromatic rings. The standard InChI is InChI=1S/C30H47NO3/c1-18(17-31-20(3)32)7-10-26-19(2)27-29(5)14-12-24-23(25(29)16-30(27,6)34-26)9-8-21-15-22(33)11-13-28(21,24)4/h8,18,22-25,27,33H,7,9-17H2,1-6H3,(H,31,32)/t18-,22+,23-,24+,25+,27-,28+,29+,30+/m1/s1. The summed E-state index contributed by atoms with van der Waals surface area (Å²) >= 11 is 0. The summed E-state index contributed by atoms with van der Waals surface area (Å²) in [6, 6.07) is 0. The summed E-state index contributed by atoms with van der Waals surface area (Å²) in [7, 11) is 0. The zero-order valence-corrected chi connectivity index (χ0v) is 22.4. The molecule has 0 bridgehead atoms. The van der Waals surface area contributed by atoms with Gasteiger partial charge in [0.25, 0.3) is 0 Å². The third-order valence-corrected chi connectivity index (χ3v) is 11.2. The molecule has 0 aromatic carbocycles. The molecule has 0 radical (unpaired) electrons. The first-order valence-corrected chi connectivity index (χ1v) is 14.0. The fraction of sp³-hybridized carbons (Fsp3) is 0.833. The molecule has 0 unspecified atom stereocenters. The number of fused-ring (bicyclic) bond motifs is 7. The lowest BCUT2D eigenvalue weighted by atomic mass is 9.47. The normalized spacial score (nSPS) is 46.0. The molecule has 1 amide bonds. The van der Waals surface area contributed by atoms with Crippen LogP contribution in [-0.4, -0.2) is 29.3 Å². The molecule has 4 nitrogen and oxygen atoms in total. The largest absolute Gasteiger partial charge is 0.491 e. The van der Waals surface area contributed by atoms with Gasteiger partial charge in [-0.05, 0) is 105 Å². The Labute approximate surface area is 207 Å². The van der Waals surface area contributed by atoms with E-state index in [1.54, 1.807) is 12.5 Å². The number of amides is 1. The molecule has 3 fully saturated rings. The van der Waals surface area contributed by atoms with Crippen LogP contribution in [0.15, 0.2) is 23.0 Å². The molecule has 3 saturated carbocycles. The average Bonchev–Trinajstić information content (AvgIpc) is 3.17. The van der Waals surface area contributed by atoms with Gasteiger partial charge >= 0.3 is 0 Å². The number of aliphatic hydroxyl groups is 1. The van der Waals surface area contributed by atoms with Crippen LogP contribution >= 0.6 is 0 Å². The number of allylic oxidation sites excluding steroid dienone is 2. The highest BCUT2D eigenvalue weighted by Crippen LogP contribution is 2.71. The lowest BCUT2D eigenvalue weighted by molar-refractivity contribution is -0.119. The van der Waals surface area contributed by atoms with Gasteiger partial charge in [0.15, 0.2) is 0 Å². The quantitative estimate of drug-likeness (QED) is 0.475. The first-order valence-electron chi connectivity index (χ1n) is 14.0. The maximum Gasteiger partial charge on any atom is 0.216 e. The van der Waals surface area contributed by atoms with Crippen molar-refractivity contribution in [1.82, 2.24) is 5.32 Å². The van der Waals surface area contributed by atoms with Gasteiger partial charge in [-0.1, -0.05) is 32.4 Å². The summed E-state index contributed by atoms with van der Waals surface area (Å²) in [5.41, 5.74) is 3.62. The van der Waals surface area contributed by atoms with Crippen molar-refractivity contribution in [1.29, 1.82) is 0 Å². The van der Waals surface area contributed by atoms with E-state index < -0.39 is 0 Å². The maximum atomic E-state index is 11.3. The second kappa shape index (κ2) is 8.39. The molecule has 1 heterocycles. The highest BCUT2D eigenvalue weighted by atomic mass is 16.5. The van der Waals surface area contributed by atoms with Crippen LogP contribution in [0.2, 0.25) is 0 Å². The van der Waals surface area contributed by atoms with Gasteiger partial charge < -0.3 is 15.2 Å². The van der Waals surface area contributed by atoms with Crippen molar-refractivity contribution < 1.29 is 14.6 Å². The summed E-state index contributed by atoms with van der Waals surface area (Å²) in [6.07, 6.45) is 12.5. The van der Waals surface area contributed by atoms with E-state index in [-0.39, 0.29) is 17.6 Å². The molecular formula is C30H47NO3. The minimum absolute atomic E-state index is 0.0546. The number of carbonyl (C=O) groups is 1. The van der Waals surface area contributed by atoms with Crippen LogP contribution in [0.25, 0.3) is 0 Å². The van der Waals surface area contributed by atoms with Gasteiger partial charge in [0.2, 0.25) is 5.91 Å². The van der Waals surface area contributed by atoms with Crippen LogP contribution in [0, 0.1) is 40.4 Å². The van der Waals surface area contributed by atoms with Crippen LogP contribution in [0.4, 0.5) is 0 Å². The summed E-state index contributed by atoms with van der Waals surface area (Å²) in [4.78, 5) is 11.3. The zero-order chi connectivity index (χ0) is 24.5. The zero-order valence-electron chi connectivity index (χ0n) is 22.4. The Balaban J connectivity index is 1.34. The molecule has 5 rings (SSSR count). The number of hydrogen-bond donors (Lipinski definition) is 2. The topological polar surface area (TPSA) is 58.6 Å². The molecule has 2 N–H and O–H groups in total. The van der Waals surface area contributed by atoms with Crippen molar-refractivity contribution in [2.24, 2.45) is 40.4 Å². The first-order chi connectivity index (χ1) is 16.0. The Hall–Kier alpha value is -1.29. The number of aliphatic hydroxyl groups excluding tert-OH is 1. The van der Waals surface area contributed by atoms with E-state index in [1.807, 2.05) is 0 Å². The van der Waals surface area contributed by atoms with Crippen molar-refractivity contribution in [2.75, 3.05) is 6.54 Å². The number of rotatable bonds is 5. The fourth-order valence-corrected chi connectivity index (χ4v) is 9.61. The molecular weight excluding hydrogens is 422 g/mol. The van der Waals surface area contributed by atoms with E-state index in [2.05, 4.69) is 46.0 Å². The molecule has 0 spiro atoms. The second-order valence-corrected chi connectivity index (χ2v) is 13.4. The molecule has 1 aliphatic heterocycles. The van der Waals surface area contributed by atoms with Crippen LogP contribution in [0.1, 0.15) is 99.3 Å². The minimum atomic E-state index is -0.130. The lowest BCUT2D eigenvalue weighted by Crippen LogP contribution is -2.50. The highest BCUT2D eigenvalue weighted by molar-refractivity contribution is 5.72. The third-order valence-electron chi connectivity index (χ3n) is 11.2. The molecule has 9 atom stereocenters. The lowest BCUT2D eigenvalue weighted by Gasteiger charge is -2.57. The molecule has 190 valence electrons. The molecule has 4 aliphatic carbocycles. The molecule has 4 heteroatoms. The van der Waals surface area contributed by atoms with Crippen molar-refractivity contribution in [3.05, 3.63) is 23.0 Å². The Bertz CT molecular complexity index is 907. The van der Waals surface area contributed by atoms with Gasteiger partial charge in [-0.15, -0.1) is 0 Å². The van der Waals surface area contributed by atoms with E-state index in [4.69, 9.17) is 4.74 Å². The van der Waals surface area contributed by atoms with E-state index in [9.17, 15) is 9.90 Å². The Morgan fingerprint density at radius 3 is 2.74 bits per heavy atom. The van der Waals surface area contributed by atoms with Crippen molar-refractivity contribution in [3.8, 4) is 0 Å². The summed E-state index contributed by atoms with van der Waals surface area (Å²) < 4.78 is 6.89. The van der Waals surface area contributed by atoms with E-state index in [0.717, 1.165) is 56.4 Å². The van der Waals surface area contributed by atoms with Gasteiger partial charge in [-0.2, -0.15) is 0 Å². The smallest absolute Gasteiger partial charge is 0.216 e. The van der Waals surface area contributed by atoms with E-state index in [0.29, 0.717) is 22.7 Å². The summed E-state index contributed by atoms with van der Waals surface area (Å²) in [6.45, 7) is 14.4. The van der Waals surface area contributed by atoms with Crippen LogP contribution in [0.5, 0.6) is 0 Å². The maximum absolute atomic E-state index is 11.3. The Kier molecular flexibility index (Phi) is 6.02. The van der Waals surface area contributed by atoms with Gasteiger partial charge in [-0.3, -0.25) is 4.79 Å². The Morgan fingerprint density at radius 1 is 1.24 bits per heavy atom. The molecule has 0 aromatic heterocycles. The average molecular weight is 470 g/mol. The molecule has 34 heavy (non-hydrogen) atoms. The van der Waals surface area contributed by atoms with Crippen molar-refractivity contribution >= 4 is 5.91 Å².